The summed E-state index contributed by atoms with van der Waals surface area (Å²) < 4.78 is 1.32. The van der Waals surface area contributed by atoms with Crippen LogP contribution in [0.3, 0.4) is 0 Å². The van der Waals surface area contributed by atoms with Gasteiger partial charge in [-0.1, -0.05) is 57.2 Å². The average molecular weight is 429 g/mol. The van der Waals surface area contributed by atoms with Gasteiger partial charge in [-0.2, -0.15) is 0 Å². The van der Waals surface area contributed by atoms with Gasteiger partial charge in [-0.3, -0.25) is 0 Å². The maximum atomic E-state index is 3.83. The molecule has 2 aliphatic rings. The van der Waals surface area contributed by atoms with Gasteiger partial charge in [-0.15, -0.1) is 0 Å². The Hall–Kier alpha value is -1.29. The summed E-state index contributed by atoms with van der Waals surface area (Å²) in [5, 5.41) is 3.83. The first kappa shape index (κ1) is 16.2. The van der Waals surface area contributed by atoms with Crippen LogP contribution in [0.15, 0.2) is 54.6 Å². The monoisotopic (exact) mass is 429 g/mol. The van der Waals surface area contributed by atoms with Crippen LogP contribution in [-0.2, 0) is 5.41 Å². The SMILES string of the molecule is CC(C)(C)c1ccc([C@@H]2Nc3ccc(I)cc3[C@@H]3C=CC[C@H]32)cc1. The predicted octanol–water partition coefficient (Wildman–Crippen LogP) is 6.42. The molecule has 0 amide bonds. The fourth-order valence-electron chi connectivity index (χ4n) is 4.09. The summed E-state index contributed by atoms with van der Waals surface area (Å²) in [5.41, 5.74) is 5.78. The lowest BCUT2D eigenvalue weighted by molar-refractivity contribution is 0.425. The molecular weight excluding hydrogens is 405 g/mol. The molecule has 0 radical (unpaired) electrons. The largest absolute Gasteiger partial charge is 0.378 e. The minimum absolute atomic E-state index is 0.208. The number of hydrogen-bond donors (Lipinski definition) is 1. The molecule has 1 heterocycles. The number of hydrogen-bond acceptors (Lipinski definition) is 1. The van der Waals surface area contributed by atoms with E-state index in [9.17, 15) is 0 Å². The number of benzene rings is 2. The van der Waals surface area contributed by atoms with E-state index in [1.54, 1.807) is 0 Å². The van der Waals surface area contributed by atoms with E-state index in [-0.39, 0.29) is 5.41 Å². The van der Waals surface area contributed by atoms with Crippen molar-refractivity contribution in [2.75, 3.05) is 5.32 Å². The van der Waals surface area contributed by atoms with Crippen LogP contribution in [0.2, 0.25) is 0 Å². The van der Waals surface area contributed by atoms with Crippen molar-refractivity contribution < 1.29 is 0 Å². The first-order valence-electron chi connectivity index (χ1n) is 8.76. The first-order chi connectivity index (χ1) is 11.4. The lowest BCUT2D eigenvalue weighted by Crippen LogP contribution is -2.29. The number of fused-ring (bicyclic) bond motifs is 3. The molecule has 24 heavy (non-hydrogen) atoms. The lowest BCUT2D eigenvalue weighted by Gasteiger charge is -2.37. The van der Waals surface area contributed by atoms with E-state index in [1.165, 1.54) is 25.9 Å². The minimum atomic E-state index is 0.208. The molecule has 2 aromatic rings. The van der Waals surface area contributed by atoms with Gasteiger partial charge in [0, 0.05) is 15.2 Å². The molecular formula is C22H24IN. The summed E-state index contributed by atoms with van der Waals surface area (Å²) in [6.07, 6.45) is 5.94. The maximum Gasteiger partial charge on any atom is 0.0553 e. The van der Waals surface area contributed by atoms with E-state index in [2.05, 4.69) is 103 Å². The summed E-state index contributed by atoms with van der Waals surface area (Å²) >= 11 is 2.42. The van der Waals surface area contributed by atoms with E-state index in [4.69, 9.17) is 0 Å². The molecule has 1 nitrogen and oxygen atoms in total. The Morgan fingerprint density at radius 2 is 1.79 bits per heavy atom. The molecule has 0 saturated carbocycles. The zero-order valence-corrected chi connectivity index (χ0v) is 16.7. The Morgan fingerprint density at radius 3 is 2.50 bits per heavy atom. The maximum absolute atomic E-state index is 3.83. The highest BCUT2D eigenvalue weighted by Gasteiger charge is 2.37. The van der Waals surface area contributed by atoms with Crippen molar-refractivity contribution in [1.29, 1.82) is 0 Å². The van der Waals surface area contributed by atoms with Crippen LogP contribution in [-0.4, -0.2) is 0 Å². The molecule has 1 aliphatic heterocycles. The highest BCUT2D eigenvalue weighted by molar-refractivity contribution is 14.1. The van der Waals surface area contributed by atoms with Crippen molar-refractivity contribution in [1.82, 2.24) is 0 Å². The Bertz CT molecular complexity index is 783. The molecule has 0 unspecified atom stereocenters. The quantitative estimate of drug-likeness (QED) is 0.408. The van der Waals surface area contributed by atoms with Gasteiger partial charge in [0.05, 0.1) is 6.04 Å². The first-order valence-corrected chi connectivity index (χ1v) is 9.84. The number of halogens is 1. The van der Waals surface area contributed by atoms with Crippen LogP contribution < -0.4 is 5.32 Å². The predicted molar refractivity (Wildman–Crippen MR) is 111 cm³/mol. The van der Waals surface area contributed by atoms with Crippen molar-refractivity contribution in [3.05, 3.63) is 74.9 Å². The molecule has 0 aromatic heterocycles. The third-order valence-electron chi connectivity index (χ3n) is 5.46. The van der Waals surface area contributed by atoms with Gasteiger partial charge in [0.25, 0.3) is 0 Å². The second-order valence-corrected chi connectivity index (χ2v) is 9.32. The van der Waals surface area contributed by atoms with Gasteiger partial charge in [0.2, 0.25) is 0 Å². The van der Waals surface area contributed by atoms with Gasteiger partial charge in [0.1, 0.15) is 0 Å². The van der Waals surface area contributed by atoms with Crippen molar-refractivity contribution in [3.8, 4) is 0 Å². The van der Waals surface area contributed by atoms with Crippen LogP contribution in [0, 0.1) is 9.49 Å². The molecule has 0 bridgehead atoms. The summed E-state index contributed by atoms with van der Waals surface area (Å²) in [4.78, 5) is 0. The molecule has 0 fully saturated rings. The van der Waals surface area contributed by atoms with E-state index < -0.39 is 0 Å². The third-order valence-corrected chi connectivity index (χ3v) is 6.13. The fraction of sp³-hybridized carbons (Fsp3) is 0.364. The van der Waals surface area contributed by atoms with E-state index >= 15 is 0 Å². The van der Waals surface area contributed by atoms with E-state index in [1.807, 2.05) is 0 Å². The van der Waals surface area contributed by atoms with Crippen molar-refractivity contribution in [2.24, 2.45) is 5.92 Å². The van der Waals surface area contributed by atoms with E-state index in [0.29, 0.717) is 17.9 Å². The molecule has 4 rings (SSSR count). The van der Waals surface area contributed by atoms with Crippen molar-refractivity contribution in [3.63, 3.8) is 0 Å². The highest BCUT2D eigenvalue weighted by atomic mass is 127. The lowest BCUT2D eigenvalue weighted by atomic mass is 9.76. The molecule has 0 spiro atoms. The normalized spacial score (nSPS) is 25.1. The molecule has 0 saturated heterocycles. The van der Waals surface area contributed by atoms with Crippen molar-refractivity contribution >= 4 is 28.3 Å². The molecule has 2 heteroatoms. The summed E-state index contributed by atoms with van der Waals surface area (Å²) in [6.45, 7) is 6.82. The zero-order valence-electron chi connectivity index (χ0n) is 14.5. The van der Waals surface area contributed by atoms with E-state index in [0.717, 1.165) is 6.42 Å². The third kappa shape index (κ3) is 2.79. The number of anilines is 1. The molecule has 1 N–H and O–H groups in total. The van der Waals surface area contributed by atoms with Gasteiger partial charge >= 0.3 is 0 Å². The van der Waals surface area contributed by atoms with Crippen LogP contribution in [0.25, 0.3) is 0 Å². The van der Waals surface area contributed by atoms with Gasteiger partial charge in [0.15, 0.2) is 0 Å². The van der Waals surface area contributed by atoms with Crippen LogP contribution in [0.4, 0.5) is 5.69 Å². The standard InChI is InChI=1S/C22H24IN/c1-22(2,3)15-9-7-14(8-10-15)21-18-6-4-5-17(18)19-13-16(23)11-12-20(19)24-21/h4-5,7-13,17-18,21,24H,6H2,1-3H3/t17-,18-,21+/m1/s1. The Morgan fingerprint density at radius 1 is 1.04 bits per heavy atom. The number of allylic oxidation sites excluding steroid dienone is 2. The molecule has 3 atom stereocenters. The van der Waals surface area contributed by atoms with Crippen LogP contribution in [0.1, 0.15) is 55.8 Å². The second kappa shape index (κ2) is 5.91. The fourth-order valence-corrected chi connectivity index (χ4v) is 4.60. The summed E-state index contributed by atoms with van der Waals surface area (Å²) in [5.74, 6) is 1.17. The zero-order chi connectivity index (χ0) is 16.9. The Labute approximate surface area is 158 Å². The van der Waals surface area contributed by atoms with Gasteiger partial charge in [-0.25, -0.2) is 0 Å². The molecule has 124 valence electrons. The van der Waals surface area contributed by atoms with Crippen LogP contribution in [0.5, 0.6) is 0 Å². The summed E-state index contributed by atoms with van der Waals surface area (Å²) in [6, 6.07) is 16.4. The van der Waals surface area contributed by atoms with Gasteiger partial charge < -0.3 is 5.32 Å². The number of rotatable bonds is 1. The van der Waals surface area contributed by atoms with Crippen LogP contribution >= 0.6 is 22.6 Å². The second-order valence-electron chi connectivity index (χ2n) is 8.08. The number of nitrogens with one attached hydrogen (secondary N) is 1. The van der Waals surface area contributed by atoms with Crippen molar-refractivity contribution in [2.45, 2.75) is 44.6 Å². The minimum Gasteiger partial charge on any atom is -0.378 e. The Kier molecular flexibility index (Phi) is 3.98. The average Bonchev–Trinajstić information content (AvgIpc) is 3.03. The Balaban J connectivity index is 1.71. The highest BCUT2D eigenvalue weighted by Crippen LogP contribution is 2.50. The van der Waals surface area contributed by atoms with Gasteiger partial charge in [-0.05, 0) is 75.2 Å². The topological polar surface area (TPSA) is 12.0 Å². The molecule has 2 aromatic carbocycles. The smallest absolute Gasteiger partial charge is 0.0553 e. The molecule has 1 aliphatic carbocycles. The summed E-state index contributed by atoms with van der Waals surface area (Å²) in [7, 11) is 0.